The van der Waals surface area contributed by atoms with E-state index in [0.29, 0.717) is 6.04 Å². The summed E-state index contributed by atoms with van der Waals surface area (Å²) in [5, 5.41) is 5.14. The molecular formula is C16H22N2S. The van der Waals surface area contributed by atoms with E-state index < -0.39 is 0 Å². The topological polar surface area (TPSA) is 27.8 Å². The molecule has 1 atom stereocenters. The van der Waals surface area contributed by atoms with E-state index >= 15 is 0 Å². The number of nitrogens with one attached hydrogen (secondary N) is 2. The molecule has 0 saturated carbocycles. The number of fused-ring (bicyclic) bond motifs is 3. The normalized spacial score (nSPS) is 19.4. The maximum absolute atomic E-state index is 3.70. The standard InChI is InChI=1S/C16H22N2S/c1-11-5-6-14-13(10-11)12-4-3-8-17-15(7-9-19-2)16(12)18-14/h5-6,10,15,17-18H,3-4,7-9H2,1-2H3. The smallest absolute Gasteiger partial charge is 0.0483 e. The van der Waals surface area contributed by atoms with Crippen LogP contribution in [0.5, 0.6) is 0 Å². The second-order valence-electron chi connectivity index (χ2n) is 5.46. The molecule has 2 nitrogen and oxygen atoms in total. The van der Waals surface area contributed by atoms with Crippen molar-refractivity contribution in [2.45, 2.75) is 32.2 Å². The van der Waals surface area contributed by atoms with Gasteiger partial charge in [0.05, 0.1) is 0 Å². The highest BCUT2D eigenvalue weighted by atomic mass is 32.2. The summed E-state index contributed by atoms with van der Waals surface area (Å²) < 4.78 is 0. The van der Waals surface area contributed by atoms with Gasteiger partial charge in [0.25, 0.3) is 0 Å². The zero-order valence-corrected chi connectivity index (χ0v) is 12.6. The fourth-order valence-electron chi connectivity index (χ4n) is 3.07. The number of rotatable bonds is 3. The Kier molecular flexibility index (Phi) is 3.85. The van der Waals surface area contributed by atoms with E-state index in [9.17, 15) is 0 Å². The molecular weight excluding hydrogens is 252 g/mol. The number of hydrogen-bond donors (Lipinski definition) is 2. The van der Waals surface area contributed by atoms with Crippen molar-refractivity contribution in [3.63, 3.8) is 0 Å². The lowest BCUT2D eigenvalue weighted by Crippen LogP contribution is -2.21. The van der Waals surface area contributed by atoms with Crippen molar-refractivity contribution >= 4 is 22.7 Å². The Morgan fingerprint density at radius 1 is 1.37 bits per heavy atom. The Bertz CT molecular complexity index is 573. The Morgan fingerprint density at radius 2 is 2.26 bits per heavy atom. The summed E-state index contributed by atoms with van der Waals surface area (Å²) in [6.07, 6.45) is 5.83. The first-order chi connectivity index (χ1) is 9.29. The zero-order chi connectivity index (χ0) is 13.2. The van der Waals surface area contributed by atoms with Crippen LogP contribution in [0.1, 0.15) is 35.7 Å². The molecule has 0 saturated heterocycles. The molecule has 2 N–H and O–H groups in total. The van der Waals surface area contributed by atoms with Gasteiger partial charge in [-0.3, -0.25) is 0 Å². The second kappa shape index (κ2) is 5.59. The van der Waals surface area contributed by atoms with Gasteiger partial charge in [-0.2, -0.15) is 11.8 Å². The second-order valence-corrected chi connectivity index (χ2v) is 6.44. The van der Waals surface area contributed by atoms with Crippen LogP contribution in [-0.4, -0.2) is 23.5 Å². The molecule has 1 unspecified atom stereocenters. The van der Waals surface area contributed by atoms with Crippen molar-refractivity contribution in [3.8, 4) is 0 Å². The molecule has 3 rings (SSSR count). The average molecular weight is 274 g/mol. The van der Waals surface area contributed by atoms with E-state index in [1.807, 2.05) is 11.8 Å². The molecule has 0 radical (unpaired) electrons. The molecule has 19 heavy (non-hydrogen) atoms. The maximum atomic E-state index is 3.70. The lowest BCUT2D eigenvalue weighted by Gasteiger charge is -2.15. The molecule has 102 valence electrons. The van der Waals surface area contributed by atoms with Gasteiger partial charge in [-0.05, 0) is 62.4 Å². The van der Waals surface area contributed by atoms with Crippen molar-refractivity contribution in [1.29, 1.82) is 0 Å². The number of aryl methyl sites for hydroxylation is 2. The third-order valence-electron chi connectivity index (χ3n) is 4.05. The third-order valence-corrected chi connectivity index (χ3v) is 4.69. The number of benzene rings is 1. The van der Waals surface area contributed by atoms with Gasteiger partial charge in [0.1, 0.15) is 0 Å². The van der Waals surface area contributed by atoms with E-state index in [1.54, 1.807) is 5.56 Å². The van der Waals surface area contributed by atoms with Crippen LogP contribution >= 0.6 is 11.8 Å². The van der Waals surface area contributed by atoms with Crippen LogP contribution in [0.15, 0.2) is 18.2 Å². The van der Waals surface area contributed by atoms with Crippen LogP contribution in [0.25, 0.3) is 10.9 Å². The molecule has 1 aromatic carbocycles. The van der Waals surface area contributed by atoms with Gasteiger partial charge in [-0.25, -0.2) is 0 Å². The summed E-state index contributed by atoms with van der Waals surface area (Å²) in [6, 6.07) is 7.26. The van der Waals surface area contributed by atoms with Crippen LogP contribution in [0.4, 0.5) is 0 Å². The Hall–Kier alpha value is -0.930. The molecule has 0 aliphatic carbocycles. The van der Waals surface area contributed by atoms with Gasteiger partial charge in [-0.1, -0.05) is 11.6 Å². The van der Waals surface area contributed by atoms with Gasteiger partial charge in [0, 0.05) is 22.6 Å². The van der Waals surface area contributed by atoms with E-state index in [0.717, 1.165) is 6.54 Å². The summed E-state index contributed by atoms with van der Waals surface area (Å²) in [4.78, 5) is 3.67. The quantitative estimate of drug-likeness (QED) is 0.891. The molecule has 2 aromatic rings. The largest absolute Gasteiger partial charge is 0.357 e. The first-order valence-corrected chi connectivity index (χ1v) is 8.52. The van der Waals surface area contributed by atoms with Crippen LogP contribution in [0, 0.1) is 6.92 Å². The molecule has 0 fully saturated rings. The Balaban J connectivity index is 2.05. The lowest BCUT2D eigenvalue weighted by molar-refractivity contribution is 0.523. The van der Waals surface area contributed by atoms with E-state index in [4.69, 9.17) is 0 Å². The first-order valence-electron chi connectivity index (χ1n) is 7.13. The van der Waals surface area contributed by atoms with Gasteiger partial charge < -0.3 is 10.3 Å². The highest BCUT2D eigenvalue weighted by Crippen LogP contribution is 2.32. The average Bonchev–Trinajstić information content (AvgIpc) is 2.64. The Morgan fingerprint density at radius 3 is 3.11 bits per heavy atom. The summed E-state index contributed by atoms with van der Waals surface area (Å²) in [5.74, 6) is 1.21. The minimum absolute atomic E-state index is 0.498. The van der Waals surface area contributed by atoms with Crippen molar-refractivity contribution in [2.24, 2.45) is 0 Å². The van der Waals surface area contributed by atoms with Gasteiger partial charge >= 0.3 is 0 Å². The molecule has 1 aliphatic heterocycles. The minimum Gasteiger partial charge on any atom is -0.357 e. The summed E-state index contributed by atoms with van der Waals surface area (Å²) in [5.41, 5.74) is 5.64. The summed E-state index contributed by atoms with van der Waals surface area (Å²) in [7, 11) is 0. The van der Waals surface area contributed by atoms with Gasteiger partial charge in [-0.15, -0.1) is 0 Å². The van der Waals surface area contributed by atoms with Crippen LogP contribution in [0.2, 0.25) is 0 Å². The Labute approximate surface area is 119 Å². The third kappa shape index (κ3) is 2.54. The van der Waals surface area contributed by atoms with Crippen molar-refractivity contribution in [2.75, 3.05) is 18.6 Å². The lowest BCUT2D eigenvalue weighted by atomic mass is 10.0. The number of H-pyrrole nitrogens is 1. The fourth-order valence-corrected chi connectivity index (χ4v) is 3.55. The summed E-state index contributed by atoms with van der Waals surface area (Å²) >= 11 is 1.93. The number of hydrogen-bond acceptors (Lipinski definition) is 2. The van der Waals surface area contributed by atoms with E-state index in [-0.39, 0.29) is 0 Å². The fraction of sp³-hybridized carbons (Fsp3) is 0.500. The highest BCUT2D eigenvalue weighted by Gasteiger charge is 2.21. The summed E-state index contributed by atoms with van der Waals surface area (Å²) in [6.45, 7) is 3.31. The predicted octanol–water partition coefficient (Wildman–Crippen LogP) is 3.81. The first kappa shape index (κ1) is 13.1. The molecule has 2 heterocycles. The molecule has 0 spiro atoms. The maximum Gasteiger partial charge on any atom is 0.0483 e. The minimum atomic E-state index is 0.498. The van der Waals surface area contributed by atoms with Gasteiger partial charge in [0.2, 0.25) is 0 Å². The van der Waals surface area contributed by atoms with E-state index in [2.05, 4.69) is 41.7 Å². The van der Waals surface area contributed by atoms with Gasteiger partial charge in [0.15, 0.2) is 0 Å². The highest BCUT2D eigenvalue weighted by molar-refractivity contribution is 7.98. The zero-order valence-electron chi connectivity index (χ0n) is 11.8. The number of aromatic amines is 1. The van der Waals surface area contributed by atoms with Crippen LogP contribution < -0.4 is 5.32 Å². The van der Waals surface area contributed by atoms with Crippen molar-refractivity contribution in [1.82, 2.24) is 10.3 Å². The SMILES string of the molecule is CSCCC1NCCCc2c1[nH]c1ccc(C)cc21. The number of aromatic nitrogens is 1. The molecule has 1 aliphatic rings. The molecule has 0 bridgehead atoms. The van der Waals surface area contributed by atoms with Crippen molar-refractivity contribution in [3.05, 3.63) is 35.0 Å². The molecule has 1 aromatic heterocycles. The molecule has 0 amide bonds. The van der Waals surface area contributed by atoms with Crippen LogP contribution in [-0.2, 0) is 6.42 Å². The van der Waals surface area contributed by atoms with Crippen LogP contribution in [0.3, 0.4) is 0 Å². The monoisotopic (exact) mass is 274 g/mol. The molecule has 3 heteroatoms. The number of thioether (sulfide) groups is 1. The van der Waals surface area contributed by atoms with E-state index in [1.165, 1.54) is 47.2 Å². The predicted molar refractivity (Wildman–Crippen MR) is 85.1 cm³/mol. The van der Waals surface area contributed by atoms with Crippen molar-refractivity contribution < 1.29 is 0 Å².